The average Bonchev–Trinajstić information content (AvgIpc) is 2.93. The van der Waals surface area contributed by atoms with Gasteiger partial charge in [-0.3, -0.25) is 14.5 Å². The first-order valence-electron chi connectivity index (χ1n) is 6.14. The van der Waals surface area contributed by atoms with Gasteiger partial charge in [0, 0.05) is 18.9 Å². The molecule has 9 heteroatoms. The summed E-state index contributed by atoms with van der Waals surface area (Å²) in [5.74, 6) is -3.31. The monoisotopic (exact) mass is 340 g/mol. The molecular formula is C13H12N2O5S2. The molecule has 0 radical (unpaired) electrons. The number of aliphatic carboxylic acids is 2. The smallest absolute Gasteiger partial charge is 0.327 e. The first kappa shape index (κ1) is 16.2. The minimum Gasteiger partial charge on any atom is -0.481 e. The normalized spacial score (nSPS) is 18.0. The topological polar surface area (TPSA) is 99.8 Å². The van der Waals surface area contributed by atoms with Gasteiger partial charge in [0.15, 0.2) is 0 Å². The number of carboxylic acid groups (broad SMARTS) is 2. The Morgan fingerprint density at radius 2 is 2.14 bits per heavy atom. The Hall–Kier alpha value is -2.13. The van der Waals surface area contributed by atoms with Crippen LogP contribution in [-0.4, -0.2) is 47.9 Å². The van der Waals surface area contributed by atoms with Gasteiger partial charge in [0.2, 0.25) is 0 Å². The van der Waals surface area contributed by atoms with Crippen LogP contribution in [0.5, 0.6) is 0 Å². The lowest BCUT2D eigenvalue weighted by Crippen LogP contribution is -2.45. The zero-order valence-electron chi connectivity index (χ0n) is 11.4. The van der Waals surface area contributed by atoms with Gasteiger partial charge < -0.3 is 14.8 Å². The molecule has 2 rings (SSSR count). The number of nitrogens with zero attached hydrogens (tertiary/aromatic N) is 2. The van der Waals surface area contributed by atoms with Crippen molar-refractivity contribution < 1.29 is 24.6 Å². The molecule has 2 N–H and O–H groups in total. The number of amides is 1. The van der Waals surface area contributed by atoms with E-state index in [9.17, 15) is 14.4 Å². The van der Waals surface area contributed by atoms with Gasteiger partial charge >= 0.3 is 11.9 Å². The van der Waals surface area contributed by atoms with Crippen LogP contribution in [-0.2, 0) is 21.4 Å². The van der Waals surface area contributed by atoms with E-state index in [1.807, 2.05) is 0 Å². The summed E-state index contributed by atoms with van der Waals surface area (Å²) in [5.41, 5.74) is 0.755. The van der Waals surface area contributed by atoms with Gasteiger partial charge in [-0.15, -0.1) is 0 Å². The van der Waals surface area contributed by atoms with E-state index in [4.69, 9.17) is 22.4 Å². The molecule has 116 valence electrons. The van der Waals surface area contributed by atoms with Crippen LogP contribution in [0.3, 0.4) is 0 Å². The summed E-state index contributed by atoms with van der Waals surface area (Å²) >= 11 is 6.00. The van der Waals surface area contributed by atoms with Crippen LogP contribution in [0, 0.1) is 0 Å². The fraction of sp³-hybridized carbons (Fsp3) is 0.231. The van der Waals surface area contributed by atoms with E-state index in [1.54, 1.807) is 36.0 Å². The summed E-state index contributed by atoms with van der Waals surface area (Å²) in [6, 6.07) is 2.08. The predicted molar refractivity (Wildman–Crippen MR) is 84.1 cm³/mol. The summed E-state index contributed by atoms with van der Waals surface area (Å²) in [6.45, 7) is 0. The van der Waals surface area contributed by atoms with E-state index in [0.29, 0.717) is 0 Å². The maximum absolute atomic E-state index is 12.4. The molecule has 1 atom stereocenters. The number of thioether (sulfide) groups is 1. The second-order valence-electron chi connectivity index (χ2n) is 4.55. The van der Waals surface area contributed by atoms with Gasteiger partial charge in [-0.2, -0.15) is 0 Å². The molecule has 1 fully saturated rings. The van der Waals surface area contributed by atoms with Gasteiger partial charge in [-0.25, -0.2) is 4.79 Å². The Balaban J connectivity index is 2.32. The van der Waals surface area contributed by atoms with E-state index < -0.39 is 30.3 Å². The highest BCUT2D eigenvalue weighted by Gasteiger charge is 2.41. The van der Waals surface area contributed by atoms with Crippen LogP contribution >= 0.6 is 24.0 Å². The quantitative estimate of drug-likeness (QED) is 0.613. The van der Waals surface area contributed by atoms with E-state index in [1.165, 1.54) is 0 Å². The molecule has 1 aromatic rings. The molecule has 1 aliphatic rings. The molecule has 0 aliphatic carbocycles. The molecule has 0 spiro atoms. The van der Waals surface area contributed by atoms with Crippen molar-refractivity contribution in [2.75, 3.05) is 0 Å². The lowest BCUT2D eigenvalue weighted by Gasteiger charge is -2.21. The third kappa shape index (κ3) is 3.20. The molecule has 1 unspecified atom stereocenters. The van der Waals surface area contributed by atoms with E-state index >= 15 is 0 Å². The lowest BCUT2D eigenvalue weighted by molar-refractivity contribution is -0.150. The molecule has 1 aliphatic heterocycles. The summed E-state index contributed by atoms with van der Waals surface area (Å²) in [6.07, 6.45) is 2.69. The Morgan fingerprint density at radius 3 is 2.64 bits per heavy atom. The SMILES string of the molecule is Cn1cccc1C=C1SC(=S)N(C(CC(=O)O)C(=O)O)C1=O. The standard InChI is InChI=1S/C13H12N2O5S2/c1-14-4-2-3-7(14)5-9-11(18)15(13(21)22-9)8(12(19)20)6-10(16)17/h2-5,8H,6H2,1H3,(H,16,17)(H,19,20). The number of carbonyl (C=O) groups excluding carboxylic acids is 1. The van der Waals surface area contributed by atoms with Crippen molar-refractivity contribution in [2.45, 2.75) is 12.5 Å². The van der Waals surface area contributed by atoms with Gasteiger partial charge in [0.05, 0.1) is 11.3 Å². The molecule has 1 saturated heterocycles. The van der Waals surface area contributed by atoms with Crippen LogP contribution < -0.4 is 0 Å². The number of hydrogen-bond acceptors (Lipinski definition) is 5. The average molecular weight is 340 g/mol. The number of hydrogen-bond donors (Lipinski definition) is 2. The predicted octanol–water partition coefficient (Wildman–Crippen LogP) is 1.15. The summed E-state index contributed by atoms with van der Waals surface area (Å²) in [5, 5.41) is 18.0. The van der Waals surface area contributed by atoms with E-state index in [0.717, 1.165) is 22.4 Å². The Bertz CT molecular complexity index is 694. The van der Waals surface area contributed by atoms with Gasteiger partial charge in [-0.05, 0) is 18.2 Å². The number of rotatable bonds is 5. The second-order valence-corrected chi connectivity index (χ2v) is 6.22. The summed E-state index contributed by atoms with van der Waals surface area (Å²) in [7, 11) is 1.80. The highest BCUT2D eigenvalue weighted by Crippen LogP contribution is 2.34. The molecule has 22 heavy (non-hydrogen) atoms. The van der Waals surface area contributed by atoms with Gasteiger partial charge in [0.25, 0.3) is 5.91 Å². The third-order valence-corrected chi connectivity index (χ3v) is 4.38. The van der Waals surface area contributed by atoms with Gasteiger partial charge in [0.1, 0.15) is 10.4 Å². The third-order valence-electron chi connectivity index (χ3n) is 3.05. The van der Waals surface area contributed by atoms with E-state index in [-0.39, 0.29) is 9.23 Å². The molecule has 2 heterocycles. The Labute approximate surface area is 135 Å². The number of carbonyl (C=O) groups is 3. The number of thiocarbonyl (C=S) groups is 1. The first-order valence-corrected chi connectivity index (χ1v) is 7.36. The van der Waals surface area contributed by atoms with E-state index in [2.05, 4.69) is 0 Å². The number of carboxylic acids is 2. The van der Waals surface area contributed by atoms with Crippen molar-refractivity contribution in [1.29, 1.82) is 0 Å². The Morgan fingerprint density at radius 1 is 1.45 bits per heavy atom. The summed E-state index contributed by atoms with van der Waals surface area (Å²) < 4.78 is 1.83. The highest BCUT2D eigenvalue weighted by molar-refractivity contribution is 8.26. The van der Waals surface area contributed by atoms with Crippen molar-refractivity contribution in [1.82, 2.24) is 9.47 Å². The van der Waals surface area contributed by atoms with Crippen LogP contribution in [0.4, 0.5) is 0 Å². The molecule has 1 amide bonds. The molecule has 0 aromatic carbocycles. The minimum absolute atomic E-state index is 0.0408. The van der Waals surface area contributed by atoms with Gasteiger partial charge in [-0.1, -0.05) is 24.0 Å². The maximum atomic E-state index is 12.4. The molecule has 1 aromatic heterocycles. The minimum atomic E-state index is -1.51. The number of aryl methyl sites for hydroxylation is 1. The maximum Gasteiger partial charge on any atom is 0.327 e. The van der Waals surface area contributed by atoms with Crippen molar-refractivity contribution in [3.05, 3.63) is 28.9 Å². The second kappa shape index (κ2) is 6.32. The lowest BCUT2D eigenvalue weighted by atomic mass is 10.2. The van der Waals surface area contributed by atoms with Crippen molar-refractivity contribution in [3.8, 4) is 0 Å². The van der Waals surface area contributed by atoms with Crippen LogP contribution in [0.2, 0.25) is 0 Å². The van der Waals surface area contributed by atoms with Crippen molar-refractivity contribution >= 4 is 52.2 Å². The largest absolute Gasteiger partial charge is 0.481 e. The fourth-order valence-corrected chi connectivity index (χ4v) is 3.30. The van der Waals surface area contributed by atoms with Crippen molar-refractivity contribution in [2.24, 2.45) is 7.05 Å². The highest BCUT2D eigenvalue weighted by atomic mass is 32.2. The molecule has 0 saturated carbocycles. The molecular weight excluding hydrogens is 328 g/mol. The summed E-state index contributed by atoms with van der Waals surface area (Å²) in [4.78, 5) is 35.5. The molecule has 0 bridgehead atoms. The number of aromatic nitrogens is 1. The molecule has 7 nitrogen and oxygen atoms in total. The van der Waals surface area contributed by atoms with Crippen LogP contribution in [0.15, 0.2) is 23.2 Å². The zero-order chi connectivity index (χ0) is 16.4. The first-order chi connectivity index (χ1) is 10.3. The zero-order valence-corrected chi connectivity index (χ0v) is 13.1. The van der Waals surface area contributed by atoms with Crippen LogP contribution in [0.1, 0.15) is 12.1 Å². The van der Waals surface area contributed by atoms with Crippen LogP contribution in [0.25, 0.3) is 6.08 Å². The van der Waals surface area contributed by atoms with Crippen molar-refractivity contribution in [3.63, 3.8) is 0 Å². The Kier molecular flexibility index (Phi) is 4.67. The fourth-order valence-electron chi connectivity index (χ4n) is 1.96.